The zero-order valence-electron chi connectivity index (χ0n) is 12.2. The van der Waals surface area contributed by atoms with Crippen molar-refractivity contribution in [3.8, 4) is 0 Å². The van der Waals surface area contributed by atoms with Gasteiger partial charge in [0.2, 0.25) is 0 Å². The summed E-state index contributed by atoms with van der Waals surface area (Å²) in [5.74, 6) is 0. The van der Waals surface area contributed by atoms with Gasteiger partial charge in [-0.2, -0.15) is 11.8 Å². The largest absolute Gasteiger partial charge is 0.375 e. The summed E-state index contributed by atoms with van der Waals surface area (Å²) in [6, 6.07) is 0. The molecule has 2 aliphatic rings. The number of thioether (sulfide) groups is 1. The van der Waals surface area contributed by atoms with Crippen molar-refractivity contribution < 1.29 is 4.74 Å². The molecule has 0 aromatic carbocycles. The molecule has 3 unspecified atom stereocenters. The summed E-state index contributed by atoms with van der Waals surface area (Å²) in [6.45, 7) is 13.0. The van der Waals surface area contributed by atoms with Gasteiger partial charge in [-0.3, -0.25) is 4.90 Å². The Morgan fingerprint density at radius 3 is 2.39 bits per heavy atom. The van der Waals surface area contributed by atoms with Crippen molar-refractivity contribution in [2.45, 2.75) is 62.2 Å². The molecule has 3 atom stereocenters. The lowest BCUT2D eigenvalue weighted by molar-refractivity contribution is -0.118. The number of hydrogen-bond acceptors (Lipinski definition) is 4. The number of ether oxygens (including phenoxy) is 1. The molecule has 0 aromatic heterocycles. The Morgan fingerprint density at radius 2 is 1.89 bits per heavy atom. The number of rotatable bonds is 2. The van der Waals surface area contributed by atoms with Crippen LogP contribution >= 0.6 is 11.8 Å². The highest BCUT2D eigenvalue weighted by Crippen LogP contribution is 2.39. The molecule has 0 aliphatic carbocycles. The molecule has 0 bridgehead atoms. The van der Waals surface area contributed by atoms with Crippen LogP contribution in [0.25, 0.3) is 0 Å². The molecule has 2 fully saturated rings. The average Bonchev–Trinajstić information content (AvgIpc) is 2.26. The van der Waals surface area contributed by atoms with Gasteiger partial charge in [0.25, 0.3) is 0 Å². The van der Waals surface area contributed by atoms with Crippen LogP contribution in [0.1, 0.15) is 40.5 Å². The lowest BCUT2D eigenvalue weighted by Crippen LogP contribution is -2.63. The van der Waals surface area contributed by atoms with Crippen LogP contribution in [0.4, 0.5) is 0 Å². The van der Waals surface area contributed by atoms with Crippen LogP contribution in [0.3, 0.4) is 0 Å². The second-order valence-electron chi connectivity index (χ2n) is 6.63. The van der Waals surface area contributed by atoms with Crippen LogP contribution in [0.2, 0.25) is 0 Å². The molecule has 2 N–H and O–H groups in total. The molecule has 0 spiro atoms. The molecular formula is C14H28N2OS. The number of nitrogens with two attached hydrogens (primary N) is 1. The van der Waals surface area contributed by atoms with E-state index in [0.29, 0.717) is 10.5 Å². The Morgan fingerprint density at radius 1 is 1.28 bits per heavy atom. The van der Waals surface area contributed by atoms with Gasteiger partial charge in [0.05, 0.1) is 5.60 Å². The molecule has 0 amide bonds. The molecule has 2 aliphatic heterocycles. The van der Waals surface area contributed by atoms with Crippen molar-refractivity contribution in [3.05, 3.63) is 0 Å². The minimum atomic E-state index is -0.0330. The molecule has 106 valence electrons. The van der Waals surface area contributed by atoms with Gasteiger partial charge in [-0.1, -0.05) is 13.8 Å². The minimum absolute atomic E-state index is 0.0330. The van der Waals surface area contributed by atoms with Gasteiger partial charge in [-0.15, -0.1) is 0 Å². The molecule has 2 heterocycles. The topological polar surface area (TPSA) is 38.5 Å². The Bertz CT molecular complexity index is 288. The van der Waals surface area contributed by atoms with Crippen molar-refractivity contribution >= 4 is 11.8 Å². The first kappa shape index (κ1) is 14.6. The first-order valence-electron chi connectivity index (χ1n) is 7.11. The fourth-order valence-electron chi connectivity index (χ4n) is 3.59. The van der Waals surface area contributed by atoms with E-state index >= 15 is 0 Å². The second-order valence-corrected chi connectivity index (χ2v) is 8.51. The zero-order valence-corrected chi connectivity index (χ0v) is 13.1. The van der Waals surface area contributed by atoms with Crippen LogP contribution in [0.15, 0.2) is 0 Å². The Kier molecular flexibility index (Phi) is 4.32. The van der Waals surface area contributed by atoms with Gasteiger partial charge in [-0.25, -0.2) is 0 Å². The van der Waals surface area contributed by atoms with E-state index in [2.05, 4.69) is 44.4 Å². The monoisotopic (exact) mass is 272 g/mol. The standard InChI is InChI=1S/C14H28N2OS/c1-11-7-16(8-12(2)18-11)14(10-15)5-6-17-13(3,4)9-14/h11-12H,5-10,15H2,1-4H3. The number of nitrogens with zero attached hydrogens (tertiary/aromatic N) is 1. The fraction of sp³-hybridized carbons (Fsp3) is 1.00. The second kappa shape index (κ2) is 5.31. The molecule has 4 heteroatoms. The van der Waals surface area contributed by atoms with Crippen LogP contribution < -0.4 is 5.73 Å². The normalized spacial score (nSPS) is 41.8. The Balaban J connectivity index is 2.15. The summed E-state index contributed by atoms with van der Waals surface area (Å²) < 4.78 is 5.88. The van der Waals surface area contributed by atoms with Crippen molar-refractivity contribution in [3.63, 3.8) is 0 Å². The lowest BCUT2D eigenvalue weighted by Gasteiger charge is -2.53. The summed E-state index contributed by atoms with van der Waals surface area (Å²) in [7, 11) is 0. The SMILES string of the molecule is CC1CN(C2(CN)CCOC(C)(C)C2)CC(C)S1. The third-order valence-electron chi connectivity index (χ3n) is 4.29. The van der Waals surface area contributed by atoms with Crippen LogP contribution in [-0.4, -0.2) is 52.8 Å². The lowest BCUT2D eigenvalue weighted by atomic mass is 9.79. The maximum atomic E-state index is 6.18. The van der Waals surface area contributed by atoms with E-state index in [9.17, 15) is 0 Å². The van der Waals surface area contributed by atoms with Crippen LogP contribution in [0, 0.1) is 0 Å². The van der Waals surface area contributed by atoms with Gasteiger partial charge >= 0.3 is 0 Å². The van der Waals surface area contributed by atoms with Gasteiger partial charge in [0.15, 0.2) is 0 Å². The van der Waals surface area contributed by atoms with Gasteiger partial charge < -0.3 is 10.5 Å². The molecule has 0 saturated carbocycles. The van der Waals surface area contributed by atoms with E-state index in [-0.39, 0.29) is 11.1 Å². The third kappa shape index (κ3) is 3.03. The summed E-state index contributed by atoms with van der Waals surface area (Å²) in [5.41, 5.74) is 6.30. The fourth-order valence-corrected chi connectivity index (χ4v) is 4.91. The van der Waals surface area contributed by atoms with Crippen molar-refractivity contribution in [1.82, 2.24) is 4.90 Å². The highest BCUT2D eigenvalue weighted by molar-refractivity contribution is 8.00. The maximum Gasteiger partial charge on any atom is 0.0644 e. The molecule has 2 rings (SSSR count). The first-order chi connectivity index (χ1) is 8.37. The van der Waals surface area contributed by atoms with Gasteiger partial charge in [-0.05, 0) is 26.7 Å². The summed E-state index contributed by atoms with van der Waals surface area (Å²) in [4.78, 5) is 2.66. The minimum Gasteiger partial charge on any atom is -0.375 e. The van der Waals surface area contributed by atoms with Crippen molar-refractivity contribution in [2.24, 2.45) is 5.73 Å². The molecule has 3 nitrogen and oxygen atoms in total. The highest BCUT2D eigenvalue weighted by atomic mass is 32.2. The van der Waals surface area contributed by atoms with Gasteiger partial charge in [0.1, 0.15) is 0 Å². The predicted molar refractivity (Wildman–Crippen MR) is 79.1 cm³/mol. The van der Waals surface area contributed by atoms with Crippen molar-refractivity contribution in [2.75, 3.05) is 26.2 Å². The summed E-state index contributed by atoms with van der Waals surface area (Å²) in [6.07, 6.45) is 2.14. The summed E-state index contributed by atoms with van der Waals surface area (Å²) in [5, 5.41) is 1.42. The number of hydrogen-bond donors (Lipinski definition) is 1. The van der Waals surface area contributed by atoms with E-state index in [0.717, 1.165) is 26.0 Å². The molecule has 0 radical (unpaired) electrons. The molecule has 0 aromatic rings. The Hall–Kier alpha value is 0.230. The predicted octanol–water partition coefficient (Wildman–Crippen LogP) is 2.10. The average molecular weight is 272 g/mol. The van der Waals surface area contributed by atoms with Gasteiger partial charge in [0, 0.05) is 42.3 Å². The highest BCUT2D eigenvalue weighted by Gasteiger charge is 2.45. The van der Waals surface area contributed by atoms with Crippen LogP contribution in [-0.2, 0) is 4.74 Å². The first-order valence-corrected chi connectivity index (χ1v) is 8.06. The quantitative estimate of drug-likeness (QED) is 0.835. The zero-order chi connectivity index (χ0) is 13.4. The Labute approximate surface area is 116 Å². The molecule has 2 saturated heterocycles. The van der Waals surface area contributed by atoms with E-state index in [1.807, 2.05) is 0 Å². The van der Waals surface area contributed by atoms with E-state index in [1.54, 1.807) is 0 Å². The van der Waals surface area contributed by atoms with E-state index in [4.69, 9.17) is 10.5 Å². The van der Waals surface area contributed by atoms with Crippen LogP contribution in [0.5, 0.6) is 0 Å². The smallest absolute Gasteiger partial charge is 0.0644 e. The molecule has 18 heavy (non-hydrogen) atoms. The van der Waals surface area contributed by atoms with Crippen molar-refractivity contribution in [1.29, 1.82) is 0 Å². The van der Waals surface area contributed by atoms with E-state index < -0.39 is 0 Å². The third-order valence-corrected chi connectivity index (χ3v) is 5.51. The van der Waals surface area contributed by atoms with E-state index in [1.165, 1.54) is 13.1 Å². The molecular weight excluding hydrogens is 244 g/mol. The maximum absolute atomic E-state index is 6.18. The summed E-state index contributed by atoms with van der Waals surface area (Å²) >= 11 is 2.10.